The fraction of sp³-hybridized carbons (Fsp3) is 0.255. The van der Waals surface area contributed by atoms with Crippen LogP contribution >= 0.6 is 31.9 Å². The van der Waals surface area contributed by atoms with Gasteiger partial charge in [-0.25, -0.2) is 18.2 Å². The molecule has 0 bridgehead atoms. The number of nitrogens with one attached hydrogen (secondary N) is 1. The molecule has 10 nitrogen and oxygen atoms in total. The highest BCUT2D eigenvalue weighted by Gasteiger charge is 2.42. The maximum absolute atomic E-state index is 13.7. The molecule has 2 atom stereocenters. The van der Waals surface area contributed by atoms with Crippen molar-refractivity contribution in [1.82, 2.24) is 10.2 Å². The van der Waals surface area contributed by atoms with E-state index in [0.29, 0.717) is 60.2 Å². The highest BCUT2D eigenvalue weighted by Crippen LogP contribution is 2.53. The van der Waals surface area contributed by atoms with Gasteiger partial charge in [-0.15, -0.1) is 0 Å². The smallest absolute Gasteiger partial charge is 0.266 e. The molecule has 0 radical (unpaired) electrons. The van der Waals surface area contributed by atoms with E-state index in [0.717, 1.165) is 35.1 Å². The predicted octanol–water partition coefficient (Wildman–Crippen LogP) is 9.52. The molecule has 3 aliphatic rings. The van der Waals surface area contributed by atoms with Gasteiger partial charge in [0.25, 0.3) is 5.91 Å². The minimum absolute atomic E-state index is 0.133. The standard InChI is InChI=1S/C55H55N5O5PS2/c1-3-64-66(63,65-4-2)35-34-58-31-26-43(27-32-58)42-24-29-57(30-25-42)33-28-56-53(61)39-59-54(62)52(68-55(59)67)38-41-20-23-51-49(37-41)47-16-11-17-50(47)60(51)46-21-18-40(19-22-46)36-48(44-12-7-5-8-13-44)45-14-9-6-10-15-45/h5-10,12-15,18-27,29-32,36-38,47,50H,3-4,11,16-17,28,33-35,39H2,1-2H3/q+1/p+1/b52-38-. The number of thioether (sulfide) groups is 1. The van der Waals surface area contributed by atoms with Gasteiger partial charge in [-0.1, -0.05) is 109 Å². The minimum Gasteiger partial charge on any atom is -0.631 e. The Labute approximate surface area is 409 Å². The summed E-state index contributed by atoms with van der Waals surface area (Å²) in [4.78, 5) is 44.0. The molecule has 2 amide bonds. The fourth-order valence-electron chi connectivity index (χ4n) is 9.47. The average molecular weight is 962 g/mol. The van der Waals surface area contributed by atoms with E-state index >= 15 is 0 Å². The Morgan fingerprint density at radius 3 is 2.03 bits per heavy atom. The third kappa shape index (κ3) is 10.9. The summed E-state index contributed by atoms with van der Waals surface area (Å²) in [6.45, 7) is 5.65. The van der Waals surface area contributed by atoms with Crippen LogP contribution in [0.1, 0.15) is 66.8 Å². The van der Waals surface area contributed by atoms with Gasteiger partial charge in [-0.2, -0.15) is 0 Å². The number of hydrogen-bond acceptors (Lipinski definition) is 8. The molecule has 4 heterocycles. The summed E-state index contributed by atoms with van der Waals surface area (Å²) in [6, 6.07) is 45.0. The summed E-state index contributed by atoms with van der Waals surface area (Å²) in [5.41, 5.74) is 11.5. The van der Waals surface area contributed by atoms with Crippen molar-refractivity contribution in [1.29, 1.82) is 0 Å². The second kappa shape index (κ2) is 21.6. The van der Waals surface area contributed by atoms with E-state index in [1.165, 1.54) is 56.7 Å². The number of nitrogens with zero attached hydrogens (tertiary/aromatic N) is 4. The van der Waals surface area contributed by atoms with Crippen LogP contribution in [0.5, 0.6) is 0 Å². The van der Waals surface area contributed by atoms with Crippen molar-refractivity contribution < 1.29 is 32.7 Å². The van der Waals surface area contributed by atoms with Crippen LogP contribution in [0.4, 0.5) is 11.4 Å². The average Bonchev–Trinajstić information content (AvgIpc) is 4.04. The van der Waals surface area contributed by atoms with Gasteiger partial charge in [-0.05, 0) is 108 Å². The molecule has 68 heavy (non-hydrogen) atoms. The highest BCUT2D eigenvalue weighted by atomic mass is 32.2. The molecule has 1 saturated heterocycles. The quantitative estimate of drug-likeness (QED) is 0.0299. The van der Waals surface area contributed by atoms with E-state index in [9.17, 15) is 14.5 Å². The summed E-state index contributed by atoms with van der Waals surface area (Å²) in [5, 5.41) is 2.96. The van der Waals surface area contributed by atoms with Gasteiger partial charge in [0.1, 0.15) is 10.9 Å². The third-order valence-corrected chi connectivity index (χ3v) is 16.2. The summed E-state index contributed by atoms with van der Waals surface area (Å²) in [6.07, 6.45) is 15.8. The molecule has 9 rings (SSSR count). The predicted molar refractivity (Wildman–Crippen MR) is 275 cm³/mol. The lowest BCUT2D eigenvalue weighted by Crippen LogP contribution is -2.44. The molecule has 2 aromatic heterocycles. The number of carbonyl (C=O) groups is 2. The molecule has 2 aliphatic heterocycles. The number of aryl methyl sites for hydroxylation is 1. The third-order valence-electron chi connectivity index (χ3n) is 12.7. The monoisotopic (exact) mass is 961 g/mol. The number of carbonyl (C=O) groups excluding carboxylic acids is 2. The number of fused-ring (bicyclic) bond motifs is 3. The number of hydrogen-bond donors (Lipinski definition) is 1. The van der Waals surface area contributed by atoms with Crippen molar-refractivity contribution in [3.8, 4) is 11.1 Å². The van der Waals surface area contributed by atoms with Crippen LogP contribution in [0.15, 0.2) is 157 Å². The SMILES string of the molecule is CCO[P+]([O-])(CC[n+]1ccc(-c2cc[n+](CCNC(=O)CN3C(=O)/C(=C/c4ccc5c(c4)C4CCCC4N5c4ccc(C=C(c5ccccc5)c5ccccc5)cc4)SC3=S)cc2)cc1)OCC. The second-order valence-corrected chi connectivity index (χ2v) is 21.0. The van der Waals surface area contributed by atoms with Crippen molar-refractivity contribution >= 4 is 77.2 Å². The molecule has 1 saturated carbocycles. The van der Waals surface area contributed by atoms with Crippen LogP contribution in [0.2, 0.25) is 0 Å². The van der Waals surface area contributed by atoms with Crippen molar-refractivity contribution in [2.75, 3.05) is 37.4 Å². The lowest BCUT2D eigenvalue weighted by molar-refractivity contribution is -0.694. The van der Waals surface area contributed by atoms with Crippen molar-refractivity contribution in [3.05, 3.63) is 185 Å². The highest BCUT2D eigenvalue weighted by molar-refractivity contribution is 8.26. The van der Waals surface area contributed by atoms with E-state index in [1.54, 1.807) is 0 Å². The van der Waals surface area contributed by atoms with E-state index in [2.05, 4.69) is 119 Å². The van der Waals surface area contributed by atoms with Gasteiger partial charge >= 0.3 is 0 Å². The van der Waals surface area contributed by atoms with Gasteiger partial charge in [-0.3, -0.25) is 14.5 Å². The van der Waals surface area contributed by atoms with Crippen molar-refractivity contribution in [3.63, 3.8) is 0 Å². The number of benzene rings is 4. The van der Waals surface area contributed by atoms with Crippen molar-refractivity contribution in [2.45, 2.75) is 58.2 Å². The molecular weight excluding hydrogens is 906 g/mol. The lowest BCUT2D eigenvalue weighted by Gasteiger charge is -2.27. The zero-order valence-corrected chi connectivity index (χ0v) is 40.9. The molecule has 0 spiro atoms. The fourth-order valence-corrected chi connectivity index (χ4v) is 12.3. The van der Waals surface area contributed by atoms with Gasteiger partial charge < -0.3 is 15.1 Å². The Morgan fingerprint density at radius 2 is 1.41 bits per heavy atom. The van der Waals surface area contributed by atoms with Crippen LogP contribution < -0.4 is 24.2 Å². The van der Waals surface area contributed by atoms with Gasteiger partial charge in [0.15, 0.2) is 44.0 Å². The molecule has 1 N–H and O–H groups in total. The summed E-state index contributed by atoms with van der Waals surface area (Å²) in [7, 11) is -3.11. The van der Waals surface area contributed by atoms with Gasteiger partial charge in [0.2, 0.25) is 13.9 Å². The second-order valence-electron chi connectivity index (χ2n) is 17.1. The minimum atomic E-state index is -3.11. The Kier molecular flexibility index (Phi) is 15.0. The van der Waals surface area contributed by atoms with Crippen LogP contribution in [0, 0.1) is 0 Å². The summed E-state index contributed by atoms with van der Waals surface area (Å²) in [5.74, 6) is -0.0994. The molecule has 1 aliphatic carbocycles. The normalized spacial score (nSPS) is 17.1. The molecule has 4 aromatic carbocycles. The number of amides is 2. The van der Waals surface area contributed by atoms with Crippen LogP contribution in [-0.4, -0.2) is 59.5 Å². The molecule has 6 aromatic rings. The Balaban J connectivity index is 0.794. The molecule has 2 unspecified atom stereocenters. The summed E-state index contributed by atoms with van der Waals surface area (Å²) >= 11 is 6.87. The Morgan fingerprint density at radius 1 is 0.809 bits per heavy atom. The zero-order chi connectivity index (χ0) is 47.0. The maximum Gasteiger partial charge on any atom is 0.266 e. The van der Waals surface area contributed by atoms with E-state index in [-0.39, 0.29) is 18.4 Å². The maximum atomic E-state index is 13.7. The van der Waals surface area contributed by atoms with Crippen LogP contribution in [-0.2, 0) is 31.7 Å². The lowest BCUT2D eigenvalue weighted by atomic mass is 9.95. The van der Waals surface area contributed by atoms with Crippen LogP contribution in [0.3, 0.4) is 0 Å². The number of aromatic nitrogens is 2. The van der Waals surface area contributed by atoms with Gasteiger partial charge in [0.05, 0.1) is 24.7 Å². The first-order valence-electron chi connectivity index (χ1n) is 23.4. The van der Waals surface area contributed by atoms with E-state index in [1.807, 2.05) is 78.1 Å². The van der Waals surface area contributed by atoms with Gasteiger partial charge in [0, 0.05) is 47.6 Å². The first kappa shape index (κ1) is 47.2. The Bertz CT molecular complexity index is 2760. The largest absolute Gasteiger partial charge is 0.631 e. The Hall–Kier alpha value is -5.85. The first-order valence-corrected chi connectivity index (χ1v) is 26.4. The van der Waals surface area contributed by atoms with Crippen LogP contribution in [0.25, 0.3) is 28.9 Å². The van der Waals surface area contributed by atoms with Crippen molar-refractivity contribution in [2.24, 2.45) is 0 Å². The molecule has 2 fully saturated rings. The zero-order valence-electron chi connectivity index (χ0n) is 38.4. The number of anilines is 2. The van der Waals surface area contributed by atoms with E-state index < -0.39 is 7.94 Å². The number of pyridine rings is 2. The number of thiocarbonyl (C=S) groups is 1. The van der Waals surface area contributed by atoms with E-state index in [4.69, 9.17) is 21.3 Å². The number of rotatable bonds is 18. The molecular formula is C55H56N5O5PS2+2. The summed E-state index contributed by atoms with van der Waals surface area (Å²) < 4.78 is 15.2. The molecule has 346 valence electrons. The first-order chi connectivity index (χ1) is 33.2. The molecule has 13 heteroatoms. The topological polar surface area (TPSA) is 102 Å².